The van der Waals surface area contributed by atoms with Crippen LogP contribution in [0.15, 0.2) is 18.2 Å². The molecule has 0 aliphatic rings. The molecular formula is C12H19N2Sn. The number of benzene rings is 1. The van der Waals surface area contributed by atoms with Gasteiger partial charge in [-0.2, -0.15) is 0 Å². The first-order valence-corrected chi connectivity index (χ1v) is 6.55. The Morgan fingerprint density at radius 1 is 0.933 bits per heavy atom. The molecule has 3 radical (unpaired) electrons. The standard InChI is InChI=1S/C12H19N2.Sn/c1-13(2)9-11-6-5-7-12(8-11)10-14(3)4;/h5-7H,9-10H2,1-4H3;. The van der Waals surface area contributed by atoms with E-state index in [0.29, 0.717) is 0 Å². The van der Waals surface area contributed by atoms with Gasteiger partial charge in [-0.25, -0.2) is 0 Å². The third kappa shape index (κ3) is 4.13. The van der Waals surface area contributed by atoms with Crippen molar-refractivity contribution in [1.82, 2.24) is 9.80 Å². The first-order valence-electron chi connectivity index (χ1n) is 5.12. The van der Waals surface area contributed by atoms with Gasteiger partial charge in [0.25, 0.3) is 0 Å². The number of nitrogens with zero attached hydrogens (tertiary/aromatic N) is 2. The molecule has 0 aliphatic heterocycles. The second kappa shape index (κ2) is 5.87. The van der Waals surface area contributed by atoms with Crippen LogP contribution in [0.1, 0.15) is 11.1 Å². The molecule has 0 aromatic heterocycles. The molecule has 0 saturated heterocycles. The summed E-state index contributed by atoms with van der Waals surface area (Å²) in [4.78, 5) is 4.45. The molecule has 0 bridgehead atoms. The van der Waals surface area contributed by atoms with Gasteiger partial charge in [0.2, 0.25) is 0 Å². The first kappa shape index (κ1) is 13.0. The van der Waals surface area contributed by atoms with Crippen molar-refractivity contribution in [2.45, 2.75) is 13.1 Å². The number of hydrogen-bond donors (Lipinski definition) is 0. The van der Waals surface area contributed by atoms with E-state index in [0.717, 1.165) is 13.1 Å². The maximum absolute atomic E-state index is 2.24. The third-order valence-electron chi connectivity index (χ3n) is 2.21. The topological polar surface area (TPSA) is 6.48 Å². The first-order chi connectivity index (χ1) is 7.00. The van der Waals surface area contributed by atoms with Crippen LogP contribution >= 0.6 is 0 Å². The molecule has 3 heteroatoms. The second-order valence-electron chi connectivity index (χ2n) is 4.43. The molecule has 15 heavy (non-hydrogen) atoms. The summed E-state index contributed by atoms with van der Waals surface area (Å²) in [6.07, 6.45) is 0. The molecule has 0 N–H and O–H groups in total. The van der Waals surface area contributed by atoms with Gasteiger partial charge in [-0.05, 0) is 0 Å². The fraction of sp³-hybridized carbons (Fsp3) is 0.500. The summed E-state index contributed by atoms with van der Waals surface area (Å²) < 4.78 is 1.52. The van der Waals surface area contributed by atoms with E-state index in [4.69, 9.17) is 0 Å². The van der Waals surface area contributed by atoms with Crippen LogP contribution in [0.2, 0.25) is 0 Å². The molecule has 0 spiro atoms. The van der Waals surface area contributed by atoms with Gasteiger partial charge in [-0.1, -0.05) is 0 Å². The van der Waals surface area contributed by atoms with E-state index in [9.17, 15) is 0 Å². The Kier molecular flexibility index (Phi) is 5.09. The van der Waals surface area contributed by atoms with Crippen molar-refractivity contribution in [1.29, 1.82) is 0 Å². The molecule has 0 heterocycles. The van der Waals surface area contributed by atoms with Crippen molar-refractivity contribution in [2.24, 2.45) is 0 Å². The number of rotatable bonds is 4. The molecule has 0 atom stereocenters. The molecular weight excluding hydrogens is 291 g/mol. The maximum atomic E-state index is 2.24. The van der Waals surface area contributed by atoms with Crippen LogP contribution in [0.4, 0.5) is 0 Å². The average molecular weight is 310 g/mol. The van der Waals surface area contributed by atoms with Gasteiger partial charge in [-0.3, -0.25) is 0 Å². The predicted octanol–water partition coefficient (Wildman–Crippen LogP) is 0.604. The summed E-state index contributed by atoms with van der Waals surface area (Å²) in [7, 11) is 8.48. The molecule has 0 amide bonds. The van der Waals surface area contributed by atoms with E-state index in [1.54, 1.807) is 0 Å². The van der Waals surface area contributed by atoms with Gasteiger partial charge in [0.15, 0.2) is 0 Å². The Hall–Kier alpha value is -0.0613. The Labute approximate surface area is 106 Å². The Morgan fingerprint density at radius 3 is 1.67 bits per heavy atom. The molecule has 0 fully saturated rings. The molecule has 1 rings (SSSR count). The zero-order valence-corrected chi connectivity index (χ0v) is 12.9. The van der Waals surface area contributed by atoms with Crippen LogP contribution in [0.3, 0.4) is 0 Å². The van der Waals surface area contributed by atoms with Crippen molar-refractivity contribution in [3.63, 3.8) is 0 Å². The SMILES string of the molecule is CN(C)Cc1cccc(CN(C)C)[c]1[Sn]. The fourth-order valence-electron chi connectivity index (χ4n) is 1.60. The third-order valence-corrected chi connectivity index (χ3v) is 4.04. The Morgan fingerprint density at radius 2 is 1.33 bits per heavy atom. The predicted molar refractivity (Wildman–Crippen MR) is 66.6 cm³/mol. The van der Waals surface area contributed by atoms with Crippen molar-refractivity contribution < 1.29 is 0 Å². The summed E-state index contributed by atoms with van der Waals surface area (Å²) in [6.45, 7) is 2.09. The minimum atomic E-state index is 1.04. The van der Waals surface area contributed by atoms with Gasteiger partial charge >= 0.3 is 107 Å². The van der Waals surface area contributed by atoms with E-state index in [-0.39, 0.29) is 0 Å². The van der Waals surface area contributed by atoms with Crippen LogP contribution in [0.5, 0.6) is 0 Å². The van der Waals surface area contributed by atoms with Gasteiger partial charge < -0.3 is 0 Å². The summed E-state index contributed by atoms with van der Waals surface area (Å²) in [6, 6.07) is 6.65. The molecule has 0 unspecified atom stereocenters. The summed E-state index contributed by atoms with van der Waals surface area (Å²) >= 11 is 1.52. The van der Waals surface area contributed by atoms with Gasteiger partial charge in [0, 0.05) is 0 Å². The van der Waals surface area contributed by atoms with Crippen molar-refractivity contribution in [3.8, 4) is 0 Å². The van der Waals surface area contributed by atoms with Crippen molar-refractivity contribution in [3.05, 3.63) is 29.3 Å². The number of hydrogen-bond acceptors (Lipinski definition) is 2. The molecule has 0 saturated carbocycles. The van der Waals surface area contributed by atoms with E-state index in [2.05, 4.69) is 56.2 Å². The van der Waals surface area contributed by atoms with Crippen LogP contribution in [-0.2, 0) is 13.1 Å². The van der Waals surface area contributed by atoms with Crippen molar-refractivity contribution in [2.75, 3.05) is 28.2 Å². The molecule has 1 aromatic carbocycles. The molecule has 2 nitrogen and oxygen atoms in total. The summed E-state index contributed by atoms with van der Waals surface area (Å²) in [5, 5.41) is 0. The summed E-state index contributed by atoms with van der Waals surface area (Å²) in [5.74, 6) is 0. The van der Waals surface area contributed by atoms with Crippen LogP contribution in [-0.4, -0.2) is 60.5 Å². The Bertz CT molecular complexity index is 293. The summed E-state index contributed by atoms with van der Waals surface area (Å²) in [5.41, 5.74) is 2.94. The fourth-order valence-corrected chi connectivity index (χ4v) is 2.53. The quantitative estimate of drug-likeness (QED) is 0.752. The van der Waals surface area contributed by atoms with Crippen LogP contribution < -0.4 is 3.58 Å². The van der Waals surface area contributed by atoms with Gasteiger partial charge in [-0.15, -0.1) is 0 Å². The Balaban J connectivity index is 2.90. The molecule has 0 aliphatic carbocycles. The van der Waals surface area contributed by atoms with E-state index in [1.807, 2.05) is 0 Å². The van der Waals surface area contributed by atoms with Gasteiger partial charge in [0.05, 0.1) is 0 Å². The van der Waals surface area contributed by atoms with Crippen LogP contribution in [0, 0.1) is 0 Å². The monoisotopic (exact) mass is 311 g/mol. The molecule has 81 valence electrons. The minimum absolute atomic E-state index is 1.04. The van der Waals surface area contributed by atoms with Gasteiger partial charge in [0.1, 0.15) is 0 Å². The normalized spacial score (nSPS) is 11.4. The zero-order valence-electron chi connectivity index (χ0n) is 10.0. The van der Waals surface area contributed by atoms with E-state index >= 15 is 0 Å². The van der Waals surface area contributed by atoms with E-state index < -0.39 is 0 Å². The second-order valence-corrected chi connectivity index (χ2v) is 5.85. The van der Waals surface area contributed by atoms with Crippen LogP contribution in [0.25, 0.3) is 0 Å². The average Bonchev–Trinajstić information content (AvgIpc) is 2.10. The van der Waals surface area contributed by atoms with E-state index in [1.165, 1.54) is 37.2 Å². The zero-order chi connectivity index (χ0) is 11.4. The molecule has 1 aromatic rings. The van der Waals surface area contributed by atoms with Crippen molar-refractivity contribution >= 4 is 26.1 Å².